The molecule has 7 nitrogen and oxygen atoms in total. The number of carboxylic acid groups (broad SMARTS) is 2. The monoisotopic (exact) mass is 277 g/mol. The Morgan fingerprint density at radius 3 is 2.65 bits per heavy atom. The number of carboxylic acids is 2. The molecule has 0 spiro atoms. The van der Waals surface area contributed by atoms with Crippen molar-refractivity contribution in [1.82, 2.24) is 9.97 Å². The van der Waals surface area contributed by atoms with Gasteiger partial charge in [-0.2, -0.15) is 0 Å². The molecule has 106 valence electrons. The Balaban J connectivity index is 1.83. The van der Waals surface area contributed by atoms with Crippen LogP contribution in [-0.2, 0) is 4.79 Å². The zero-order chi connectivity index (χ0) is 14.3. The molecule has 1 saturated heterocycles. The summed E-state index contributed by atoms with van der Waals surface area (Å²) in [5.41, 5.74) is -0.784. The van der Waals surface area contributed by atoms with Gasteiger partial charge >= 0.3 is 11.9 Å². The van der Waals surface area contributed by atoms with E-state index in [9.17, 15) is 14.7 Å². The lowest BCUT2D eigenvalue weighted by atomic mass is 9.81. The molecule has 0 unspecified atom stereocenters. The molecule has 0 bridgehead atoms. The van der Waals surface area contributed by atoms with E-state index >= 15 is 0 Å². The quantitative estimate of drug-likeness (QED) is 0.844. The smallest absolute Gasteiger partial charge is 0.356 e. The Hall–Kier alpha value is -2.18. The van der Waals surface area contributed by atoms with Gasteiger partial charge in [-0.05, 0) is 18.8 Å². The number of fused-ring (bicyclic) bond motifs is 1. The first-order valence-corrected chi connectivity index (χ1v) is 6.56. The third-order valence-electron chi connectivity index (χ3n) is 4.48. The fourth-order valence-electron chi connectivity index (χ4n) is 3.41. The average molecular weight is 277 g/mol. The maximum absolute atomic E-state index is 11.6. The summed E-state index contributed by atoms with van der Waals surface area (Å²) >= 11 is 0. The van der Waals surface area contributed by atoms with Crippen molar-refractivity contribution in [3.63, 3.8) is 0 Å². The lowest BCUT2D eigenvalue weighted by Gasteiger charge is -2.23. The van der Waals surface area contributed by atoms with Gasteiger partial charge in [-0.25, -0.2) is 14.8 Å². The number of hydrogen-bond donors (Lipinski definition) is 2. The second-order valence-electron chi connectivity index (χ2n) is 5.50. The lowest BCUT2D eigenvalue weighted by Crippen LogP contribution is -2.35. The van der Waals surface area contributed by atoms with Crippen LogP contribution in [0.5, 0.6) is 0 Å². The third kappa shape index (κ3) is 1.81. The predicted octanol–water partition coefficient (Wildman–Crippen LogP) is 0.866. The zero-order valence-electron chi connectivity index (χ0n) is 10.8. The molecule has 1 aliphatic carbocycles. The molecule has 2 aliphatic rings. The first-order chi connectivity index (χ1) is 9.53. The van der Waals surface area contributed by atoms with Crippen molar-refractivity contribution >= 4 is 17.8 Å². The molecule has 1 aliphatic heterocycles. The molecule has 1 aromatic rings. The van der Waals surface area contributed by atoms with Crippen LogP contribution in [0.2, 0.25) is 0 Å². The van der Waals surface area contributed by atoms with Gasteiger partial charge in [0.25, 0.3) is 0 Å². The van der Waals surface area contributed by atoms with E-state index in [2.05, 4.69) is 9.97 Å². The summed E-state index contributed by atoms with van der Waals surface area (Å²) in [7, 11) is 0. The van der Waals surface area contributed by atoms with Gasteiger partial charge in [0.15, 0.2) is 5.69 Å². The third-order valence-corrected chi connectivity index (χ3v) is 4.48. The molecule has 0 amide bonds. The fourth-order valence-corrected chi connectivity index (χ4v) is 3.41. The van der Waals surface area contributed by atoms with Gasteiger partial charge in [0.2, 0.25) is 0 Å². The number of anilines is 1. The van der Waals surface area contributed by atoms with Crippen LogP contribution in [0.25, 0.3) is 0 Å². The molecule has 1 aromatic heterocycles. The Kier molecular flexibility index (Phi) is 2.84. The van der Waals surface area contributed by atoms with Gasteiger partial charge in [-0.1, -0.05) is 6.42 Å². The summed E-state index contributed by atoms with van der Waals surface area (Å²) in [5, 5.41) is 18.3. The largest absolute Gasteiger partial charge is 0.481 e. The van der Waals surface area contributed by atoms with Crippen LogP contribution in [0, 0.1) is 11.3 Å². The van der Waals surface area contributed by atoms with Crippen LogP contribution >= 0.6 is 0 Å². The number of aliphatic carboxylic acids is 1. The van der Waals surface area contributed by atoms with Gasteiger partial charge in [0, 0.05) is 13.1 Å². The summed E-state index contributed by atoms with van der Waals surface area (Å²) < 4.78 is 0. The van der Waals surface area contributed by atoms with Crippen LogP contribution < -0.4 is 4.90 Å². The Bertz CT molecular complexity index is 559. The minimum absolute atomic E-state index is 0.110. The molecule has 7 heteroatoms. The molecule has 2 N–H and O–H groups in total. The van der Waals surface area contributed by atoms with Gasteiger partial charge < -0.3 is 15.1 Å². The minimum Gasteiger partial charge on any atom is -0.481 e. The highest BCUT2D eigenvalue weighted by molar-refractivity contribution is 5.85. The van der Waals surface area contributed by atoms with Crippen LogP contribution in [-0.4, -0.2) is 45.2 Å². The van der Waals surface area contributed by atoms with Crippen LogP contribution in [0.1, 0.15) is 29.8 Å². The van der Waals surface area contributed by atoms with E-state index in [1.54, 1.807) is 0 Å². The van der Waals surface area contributed by atoms with E-state index in [0.29, 0.717) is 25.3 Å². The Morgan fingerprint density at radius 1 is 1.30 bits per heavy atom. The van der Waals surface area contributed by atoms with E-state index < -0.39 is 17.4 Å². The standard InChI is InChI=1S/C13H15N3O4/c17-11(18)9-4-15-10(5-14-9)16-6-8-2-1-3-13(8,7-16)12(19)20/h4-5,8H,1-3,6-7H2,(H,17,18)(H,19,20)/t8-,13+/m0/s1. The van der Waals surface area contributed by atoms with E-state index in [4.69, 9.17) is 5.11 Å². The van der Waals surface area contributed by atoms with E-state index in [1.807, 2.05) is 4.90 Å². The first-order valence-electron chi connectivity index (χ1n) is 6.56. The second-order valence-corrected chi connectivity index (χ2v) is 5.50. The maximum Gasteiger partial charge on any atom is 0.356 e. The van der Waals surface area contributed by atoms with Gasteiger partial charge in [0.05, 0.1) is 17.8 Å². The average Bonchev–Trinajstić information content (AvgIpc) is 2.96. The van der Waals surface area contributed by atoms with Crippen molar-refractivity contribution in [3.05, 3.63) is 18.1 Å². The summed E-state index contributed by atoms with van der Waals surface area (Å²) in [4.78, 5) is 32.1. The minimum atomic E-state index is -1.12. The molecule has 1 saturated carbocycles. The molecule has 2 fully saturated rings. The molecule has 3 rings (SSSR count). The van der Waals surface area contributed by atoms with Crippen molar-refractivity contribution < 1.29 is 19.8 Å². The fraction of sp³-hybridized carbons (Fsp3) is 0.538. The van der Waals surface area contributed by atoms with E-state index in [0.717, 1.165) is 12.8 Å². The summed E-state index contributed by atoms with van der Waals surface area (Å²) in [6.45, 7) is 1.07. The Labute approximate surface area is 115 Å². The normalized spacial score (nSPS) is 28.4. The molecule has 0 radical (unpaired) electrons. The molecule has 20 heavy (non-hydrogen) atoms. The van der Waals surface area contributed by atoms with Gasteiger partial charge in [0.1, 0.15) is 5.82 Å². The molecule has 0 aromatic carbocycles. The molecular weight excluding hydrogens is 262 g/mol. The second kappa shape index (κ2) is 4.43. The highest BCUT2D eigenvalue weighted by Crippen LogP contribution is 2.49. The van der Waals surface area contributed by atoms with E-state index in [-0.39, 0.29) is 11.6 Å². The number of aromatic carboxylic acids is 1. The molecule has 2 heterocycles. The topological polar surface area (TPSA) is 104 Å². The summed E-state index contributed by atoms with van der Waals surface area (Å²) in [5.74, 6) is -1.17. The van der Waals surface area contributed by atoms with Crippen molar-refractivity contribution in [3.8, 4) is 0 Å². The van der Waals surface area contributed by atoms with Gasteiger partial charge in [-0.3, -0.25) is 4.79 Å². The van der Waals surface area contributed by atoms with Crippen molar-refractivity contribution in [2.24, 2.45) is 11.3 Å². The van der Waals surface area contributed by atoms with Crippen LogP contribution in [0.3, 0.4) is 0 Å². The predicted molar refractivity (Wildman–Crippen MR) is 68.6 cm³/mol. The van der Waals surface area contributed by atoms with Crippen LogP contribution in [0.15, 0.2) is 12.4 Å². The van der Waals surface area contributed by atoms with Crippen molar-refractivity contribution in [2.75, 3.05) is 18.0 Å². The molecular formula is C13H15N3O4. The number of nitrogens with zero attached hydrogens (tertiary/aromatic N) is 3. The van der Waals surface area contributed by atoms with E-state index in [1.165, 1.54) is 12.4 Å². The maximum atomic E-state index is 11.6. The van der Waals surface area contributed by atoms with Crippen LogP contribution in [0.4, 0.5) is 5.82 Å². The van der Waals surface area contributed by atoms with Crippen molar-refractivity contribution in [1.29, 1.82) is 0 Å². The lowest BCUT2D eigenvalue weighted by molar-refractivity contribution is -0.149. The highest BCUT2D eigenvalue weighted by atomic mass is 16.4. The number of rotatable bonds is 3. The Morgan fingerprint density at radius 2 is 2.10 bits per heavy atom. The number of carbonyl (C=O) groups is 2. The van der Waals surface area contributed by atoms with Gasteiger partial charge in [-0.15, -0.1) is 0 Å². The molecule has 2 atom stereocenters. The summed E-state index contributed by atoms with van der Waals surface area (Å²) in [6, 6.07) is 0. The SMILES string of the molecule is O=C(O)c1cnc(N2C[C@@H]3CCC[C@@]3(C(=O)O)C2)cn1. The number of aromatic nitrogens is 2. The zero-order valence-corrected chi connectivity index (χ0v) is 10.8. The highest BCUT2D eigenvalue weighted by Gasteiger charge is 2.55. The van der Waals surface area contributed by atoms with Crippen molar-refractivity contribution in [2.45, 2.75) is 19.3 Å². The number of hydrogen-bond acceptors (Lipinski definition) is 5. The first kappa shape index (κ1) is 12.8. The summed E-state index contributed by atoms with van der Waals surface area (Å²) in [6.07, 6.45) is 5.18.